The van der Waals surface area contributed by atoms with Crippen molar-refractivity contribution in [3.05, 3.63) is 53.6 Å². The number of carbonyl (C=O) groups is 3. The number of hydrogen-bond donors (Lipinski definition) is 3. The fourth-order valence-corrected chi connectivity index (χ4v) is 3.01. The van der Waals surface area contributed by atoms with Crippen molar-refractivity contribution in [3.8, 4) is 0 Å². The van der Waals surface area contributed by atoms with Crippen LogP contribution in [0.3, 0.4) is 0 Å². The molecule has 1 aliphatic heterocycles. The molecule has 1 heterocycles. The highest BCUT2D eigenvalue weighted by molar-refractivity contribution is 6.30. The molecule has 0 saturated heterocycles. The van der Waals surface area contributed by atoms with Crippen molar-refractivity contribution >= 4 is 46.4 Å². The number of benzene rings is 2. The Kier molecular flexibility index (Phi) is 5.73. The maximum absolute atomic E-state index is 12.7. The standard InChI is InChI=1S/C19H19ClN4O3/c1-23(10-17(25)21-14-8-6-13(20)7-9-14)12-19(27)24-11-18(26)22-15-4-2-3-5-16(15)24/h2-9H,10-12H2,1H3,(H,21,25)(H,22,26)/p+1. The van der Waals surface area contributed by atoms with Crippen molar-refractivity contribution in [3.63, 3.8) is 0 Å². The maximum atomic E-state index is 12.7. The van der Waals surface area contributed by atoms with Crippen LogP contribution >= 0.6 is 11.6 Å². The van der Waals surface area contributed by atoms with E-state index in [0.717, 1.165) is 4.90 Å². The highest BCUT2D eigenvalue weighted by atomic mass is 35.5. The van der Waals surface area contributed by atoms with Gasteiger partial charge in [0.15, 0.2) is 13.1 Å². The number of nitrogens with one attached hydrogen (secondary N) is 3. The van der Waals surface area contributed by atoms with E-state index in [4.69, 9.17) is 11.6 Å². The van der Waals surface area contributed by atoms with Gasteiger partial charge in [-0.05, 0) is 36.4 Å². The molecule has 3 amide bonds. The minimum absolute atomic E-state index is 0.0277. The fraction of sp³-hybridized carbons (Fsp3) is 0.211. The second-order valence-electron chi connectivity index (χ2n) is 6.41. The quantitative estimate of drug-likeness (QED) is 0.709. The van der Waals surface area contributed by atoms with Gasteiger partial charge in [-0.2, -0.15) is 0 Å². The van der Waals surface area contributed by atoms with Crippen molar-refractivity contribution in [1.82, 2.24) is 0 Å². The Bertz CT molecular complexity index is 870. The highest BCUT2D eigenvalue weighted by Crippen LogP contribution is 2.28. The summed E-state index contributed by atoms with van der Waals surface area (Å²) in [7, 11) is 1.76. The van der Waals surface area contributed by atoms with Gasteiger partial charge in [-0.15, -0.1) is 0 Å². The van der Waals surface area contributed by atoms with Crippen LogP contribution in [0.5, 0.6) is 0 Å². The van der Waals surface area contributed by atoms with E-state index in [1.54, 1.807) is 49.5 Å². The van der Waals surface area contributed by atoms with Gasteiger partial charge in [0.25, 0.3) is 11.8 Å². The number of amides is 3. The number of halogens is 1. The van der Waals surface area contributed by atoms with E-state index in [2.05, 4.69) is 10.6 Å². The van der Waals surface area contributed by atoms with Gasteiger partial charge in [0.05, 0.1) is 18.4 Å². The second-order valence-corrected chi connectivity index (χ2v) is 6.85. The predicted molar refractivity (Wildman–Crippen MR) is 104 cm³/mol. The first-order valence-corrected chi connectivity index (χ1v) is 8.86. The van der Waals surface area contributed by atoms with Gasteiger partial charge in [-0.3, -0.25) is 19.3 Å². The average molecular weight is 388 g/mol. The molecule has 3 rings (SSSR count). The summed E-state index contributed by atoms with van der Waals surface area (Å²) in [4.78, 5) is 38.9. The van der Waals surface area contributed by atoms with E-state index in [1.807, 2.05) is 6.07 Å². The molecule has 2 aromatic carbocycles. The second kappa shape index (κ2) is 8.20. The molecule has 1 unspecified atom stereocenters. The molecule has 1 aliphatic rings. The number of rotatable bonds is 5. The highest BCUT2D eigenvalue weighted by Gasteiger charge is 2.28. The van der Waals surface area contributed by atoms with Crippen LogP contribution in [0.1, 0.15) is 0 Å². The number of hydrogen-bond acceptors (Lipinski definition) is 3. The minimum Gasteiger partial charge on any atom is -0.323 e. The monoisotopic (exact) mass is 387 g/mol. The van der Waals surface area contributed by atoms with Gasteiger partial charge in [-0.25, -0.2) is 0 Å². The summed E-state index contributed by atoms with van der Waals surface area (Å²) in [5.74, 6) is -0.659. The van der Waals surface area contributed by atoms with Crippen LogP contribution < -0.4 is 20.4 Å². The molecule has 0 aliphatic carbocycles. The summed E-state index contributed by atoms with van der Waals surface area (Å²) in [6.07, 6.45) is 0. The van der Waals surface area contributed by atoms with Gasteiger partial charge in [0, 0.05) is 10.7 Å². The number of quaternary nitrogens is 1. The Morgan fingerprint density at radius 1 is 1.15 bits per heavy atom. The van der Waals surface area contributed by atoms with Gasteiger partial charge in [-0.1, -0.05) is 23.7 Å². The summed E-state index contributed by atoms with van der Waals surface area (Å²) < 4.78 is 0. The smallest absolute Gasteiger partial charge is 0.282 e. The van der Waals surface area contributed by atoms with Crippen molar-refractivity contribution in [2.75, 3.05) is 42.2 Å². The van der Waals surface area contributed by atoms with Crippen LogP contribution in [0, 0.1) is 0 Å². The van der Waals surface area contributed by atoms with Crippen molar-refractivity contribution in [2.45, 2.75) is 0 Å². The van der Waals surface area contributed by atoms with E-state index in [9.17, 15) is 14.4 Å². The third-order valence-corrected chi connectivity index (χ3v) is 4.37. The molecule has 3 N–H and O–H groups in total. The number of para-hydroxylation sites is 2. The van der Waals surface area contributed by atoms with Gasteiger partial charge < -0.3 is 15.5 Å². The first-order chi connectivity index (χ1) is 12.9. The lowest BCUT2D eigenvalue weighted by Crippen LogP contribution is -3.11. The summed E-state index contributed by atoms with van der Waals surface area (Å²) in [6, 6.07) is 14.0. The molecule has 0 bridgehead atoms. The van der Waals surface area contributed by atoms with Crippen molar-refractivity contribution in [1.29, 1.82) is 0 Å². The normalized spacial score (nSPS) is 14.1. The van der Waals surface area contributed by atoms with Crippen LogP contribution in [-0.4, -0.2) is 44.4 Å². The zero-order chi connectivity index (χ0) is 19.4. The molecular weight excluding hydrogens is 368 g/mol. The Morgan fingerprint density at radius 2 is 1.85 bits per heavy atom. The van der Waals surface area contributed by atoms with E-state index in [0.29, 0.717) is 22.1 Å². The van der Waals surface area contributed by atoms with Crippen LogP contribution in [0.15, 0.2) is 48.5 Å². The SMILES string of the molecule is C[NH+](CC(=O)Nc1ccc(Cl)cc1)CC(=O)N1CC(=O)Nc2ccccc21. The van der Waals surface area contributed by atoms with Crippen LogP contribution in [-0.2, 0) is 14.4 Å². The molecule has 140 valence electrons. The third kappa shape index (κ3) is 4.84. The van der Waals surface area contributed by atoms with Crippen LogP contribution in [0.4, 0.5) is 17.1 Å². The van der Waals surface area contributed by atoms with Gasteiger partial charge in [0.1, 0.15) is 6.54 Å². The first-order valence-electron chi connectivity index (χ1n) is 8.48. The van der Waals surface area contributed by atoms with Crippen LogP contribution in [0.25, 0.3) is 0 Å². The van der Waals surface area contributed by atoms with E-state index >= 15 is 0 Å². The molecule has 0 saturated carbocycles. The molecule has 2 aromatic rings. The van der Waals surface area contributed by atoms with Crippen molar-refractivity contribution < 1.29 is 19.3 Å². The molecule has 0 aromatic heterocycles. The van der Waals surface area contributed by atoms with E-state index < -0.39 is 0 Å². The maximum Gasteiger partial charge on any atom is 0.282 e. The molecule has 1 atom stereocenters. The zero-order valence-corrected chi connectivity index (χ0v) is 15.5. The Labute approximate surface area is 161 Å². The first kappa shape index (κ1) is 18.9. The molecule has 0 radical (unpaired) electrons. The molecule has 27 heavy (non-hydrogen) atoms. The number of anilines is 3. The number of nitrogens with zero attached hydrogens (tertiary/aromatic N) is 1. The largest absolute Gasteiger partial charge is 0.323 e. The number of likely N-dealkylation sites (N-methyl/N-ethyl adjacent to an activating group) is 1. The molecule has 0 fully saturated rings. The number of fused-ring (bicyclic) bond motifs is 1. The van der Waals surface area contributed by atoms with Gasteiger partial charge >= 0.3 is 0 Å². The summed E-state index contributed by atoms with van der Waals surface area (Å²) in [5.41, 5.74) is 1.92. The average Bonchev–Trinajstić information content (AvgIpc) is 2.62. The molecule has 0 spiro atoms. The Balaban J connectivity index is 1.58. The number of carbonyl (C=O) groups excluding carboxylic acids is 3. The topological polar surface area (TPSA) is 83.0 Å². The molecule has 8 heteroatoms. The lowest BCUT2D eigenvalue weighted by atomic mass is 10.2. The van der Waals surface area contributed by atoms with Crippen LogP contribution in [0.2, 0.25) is 5.02 Å². The fourth-order valence-electron chi connectivity index (χ4n) is 2.88. The van der Waals surface area contributed by atoms with E-state index in [1.165, 1.54) is 4.90 Å². The predicted octanol–water partition coefficient (Wildman–Crippen LogP) is 0.778. The van der Waals surface area contributed by atoms with Crippen molar-refractivity contribution in [2.24, 2.45) is 0 Å². The lowest BCUT2D eigenvalue weighted by Gasteiger charge is -2.29. The summed E-state index contributed by atoms with van der Waals surface area (Å²) in [6.45, 7) is 0.186. The minimum atomic E-state index is -0.236. The lowest BCUT2D eigenvalue weighted by molar-refractivity contribution is -0.862. The Hall–Kier alpha value is -2.90. The molecular formula is C19H20ClN4O3+. The van der Waals surface area contributed by atoms with E-state index in [-0.39, 0.29) is 37.4 Å². The van der Waals surface area contributed by atoms with Gasteiger partial charge in [0.2, 0.25) is 5.91 Å². The zero-order valence-electron chi connectivity index (χ0n) is 14.8. The summed E-state index contributed by atoms with van der Waals surface area (Å²) >= 11 is 5.82. The molecule has 7 nitrogen and oxygen atoms in total. The third-order valence-electron chi connectivity index (χ3n) is 4.12. The summed E-state index contributed by atoms with van der Waals surface area (Å²) in [5, 5.41) is 6.11. The Morgan fingerprint density at radius 3 is 2.59 bits per heavy atom.